The van der Waals surface area contributed by atoms with Crippen LogP contribution < -0.4 is 11.2 Å². The first kappa shape index (κ1) is 23.4. The predicted molar refractivity (Wildman–Crippen MR) is 108 cm³/mol. The van der Waals surface area contributed by atoms with E-state index in [1.165, 1.54) is 44.7 Å². The molecule has 0 spiro atoms. The molecule has 0 aliphatic carbocycles. The lowest BCUT2D eigenvalue weighted by Gasteiger charge is -2.17. The maximum absolute atomic E-state index is 12.1. The van der Waals surface area contributed by atoms with E-state index in [2.05, 4.69) is 23.7 Å². The summed E-state index contributed by atoms with van der Waals surface area (Å²) < 4.78 is 6.34. The van der Waals surface area contributed by atoms with Gasteiger partial charge in [-0.25, -0.2) is 4.79 Å². The van der Waals surface area contributed by atoms with Crippen molar-refractivity contribution in [1.29, 1.82) is 0 Å². The lowest BCUT2D eigenvalue weighted by atomic mass is 10.1. The molecule has 1 aromatic rings. The summed E-state index contributed by atoms with van der Waals surface area (Å²) in [5, 5.41) is 29.1. The number of ether oxygens (including phenoxy) is 1. The molecule has 29 heavy (non-hydrogen) atoms. The fourth-order valence-electron chi connectivity index (χ4n) is 3.38. The monoisotopic (exact) mass is 408 g/mol. The number of rotatable bonds is 10. The van der Waals surface area contributed by atoms with Crippen molar-refractivity contribution in [3.05, 3.63) is 32.6 Å². The Morgan fingerprint density at radius 3 is 2.34 bits per heavy atom. The van der Waals surface area contributed by atoms with Crippen LogP contribution in [0.2, 0.25) is 0 Å². The Bertz CT molecular complexity index is 806. The van der Waals surface area contributed by atoms with Gasteiger partial charge in [-0.2, -0.15) is 0 Å². The van der Waals surface area contributed by atoms with E-state index in [0.29, 0.717) is 6.42 Å². The van der Waals surface area contributed by atoms with Crippen molar-refractivity contribution >= 4 is 0 Å². The molecule has 2 heterocycles. The summed E-state index contributed by atoms with van der Waals surface area (Å²) in [6, 6.07) is 0. The van der Waals surface area contributed by atoms with Crippen LogP contribution in [0.25, 0.3) is 0 Å². The second-order valence-electron chi connectivity index (χ2n) is 7.46. The quantitative estimate of drug-likeness (QED) is 0.339. The maximum Gasteiger partial charge on any atom is 0.330 e. The minimum Gasteiger partial charge on any atom is -0.394 e. The van der Waals surface area contributed by atoms with Crippen LogP contribution in [-0.2, 0) is 4.74 Å². The largest absolute Gasteiger partial charge is 0.394 e. The Kier molecular flexibility index (Phi) is 9.61. The van der Waals surface area contributed by atoms with Crippen molar-refractivity contribution < 1.29 is 20.1 Å². The van der Waals surface area contributed by atoms with Crippen LogP contribution in [0, 0.1) is 11.8 Å². The van der Waals surface area contributed by atoms with Gasteiger partial charge in [0.25, 0.3) is 5.56 Å². The Balaban J connectivity index is 1.93. The van der Waals surface area contributed by atoms with Gasteiger partial charge in [-0.15, -0.1) is 0 Å². The van der Waals surface area contributed by atoms with Crippen molar-refractivity contribution in [1.82, 2.24) is 9.55 Å². The number of unbranched alkanes of at least 4 members (excludes halogenated alkanes) is 8. The first-order valence-electron chi connectivity index (χ1n) is 10.5. The lowest BCUT2D eigenvalue weighted by Crippen LogP contribution is -2.38. The number of hydrogen-bond acceptors (Lipinski definition) is 6. The molecule has 1 aliphatic heterocycles. The molecule has 0 bridgehead atoms. The summed E-state index contributed by atoms with van der Waals surface area (Å²) in [7, 11) is 0. The second kappa shape index (κ2) is 11.9. The van der Waals surface area contributed by atoms with E-state index in [1.807, 2.05) is 0 Å². The highest BCUT2D eigenvalue weighted by atomic mass is 16.6. The molecule has 4 N–H and O–H groups in total. The Hall–Kier alpha value is -1.92. The fourth-order valence-corrected chi connectivity index (χ4v) is 3.38. The smallest absolute Gasteiger partial charge is 0.330 e. The Labute approximate surface area is 170 Å². The molecule has 2 rings (SSSR count). The third-order valence-electron chi connectivity index (χ3n) is 5.14. The molecular formula is C21H32N2O6. The van der Waals surface area contributed by atoms with Gasteiger partial charge in [0.1, 0.15) is 23.9 Å². The molecule has 0 saturated carbocycles. The summed E-state index contributed by atoms with van der Waals surface area (Å²) >= 11 is 0. The van der Waals surface area contributed by atoms with E-state index >= 15 is 0 Å². The van der Waals surface area contributed by atoms with Gasteiger partial charge in [-0.1, -0.05) is 63.7 Å². The highest BCUT2D eigenvalue weighted by Crippen LogP contribution is 2.27. The van der Waals surface area contributed by atoms with Crippen molar-refractivity contribution in [3.63, 3.8) is 0 Å². The van der Waals surface area contributed by atoms with Gasteiger partial charge in [-0.3, -0.25) is 14.3 Å². The van der Waals surface area contributed by atoms with Gasteiger partial charge in [0.15, 0.2) is 6.23 Å². The Morgan fingerprint density at radius 1 is 1.07 bits per heavy atom. The normalized spacial score (nSPS) is 23.7. The fraction of sp³-hybridized carbons (Fsp3) is 0.714. The molecule has 1 aromatic heterocycles. The van der Waals surface area contributed by atoms with Gasteiger partial charge in [0, 0.05) is 12.6 Å². The first-order chi connectivity index (χ1) is 14.0. The molecule has 8 nitrogen and oxygen atoms in total. The van der Waals surface area contributed by atoms with Crippen molar-refractivity contribution in [2.45, 2.75) is 89.3 Å². The third kappa shape index (κ3) is 6.54. The highest BCUT2D eigenvalue weighted by molar-refractivity contribution is 5.29. The molecule has 0 aromatic carbocycles. The van der Waals surface area contributed by atoms with E-state index in [0.717, 1.165) is 17.4 Å². The zero-order chi connectivity index (χ0) is 21.2. The zero-order valence-electron chi connectivity index (χ0n) is 17.0. The average Bonchev–Trinajstić information content (AvgIpc) is 2.99. The minimum absolute atomic E-state index is 0.0851. The van der Waals surface area contributed by atoms with Crippen LogP contribution in [0.15, 0.2) is 15.8 Å². The standard InChI is InChI=1S/C21H32N2O6/c1-2-3-4-5-6-7-8-9-10-11-12-15-13-23(21(28)22-19(15)27)20-18(26)17(25)16(14-24)29-20/h13,16-18,20,24-26H,2-10,14H2,1H3,(H,22,27,28)/t16-,17-,18-,20-/m1/s1. The predicted octanol–water partition coefficient (Wildman–Crippen LogP) is 1.03. The van der Waals surface area contributed by atoms with Gasteiger partial charge in [0.05, 0.1) is 6.61 Å². The van der Waals surface area contributed by atoms with Crippen LogP contribution in [0.3, 0.4) is 0 Å². The molecule has 8 heteroatoms. The van der Waals surface area contributed by atoms with Crippen molar-refractivity contribution in [2.75, 3.05) is 6.61 Å². The van der Waals surface area contributed by atoms with Crippen LogP contribution in [0.4, 0.5) is 0 Å². The molecule has 0 unspecified atom stereocenters. The van der Waals surface area contributed by atoms with Gasteiger partial charge >= 0.3 is 5.69 Å². The third-order valence-corrected chi connectivity index (χ3v) is 5.14. The SMILES string of the molecule is CCCCCCCCCCC#Cc1cn([C@@H]2O[C@H](CO)[C@@H](O)[C@H]2O)c(=O)[nH]c1=O. The molecule has 0 amide bonds. The van der Waals surface area contributed by atoms with Crippen LogP contribution >= 0.6 is 0 Å². The summed E-state index contributed by atoms with van der Waals surface area (Å²) in [6.07, 6.45) is 6.50. The molecular weight excluding hydrogens is 376 g/mol. The molecule has 4 atom stereocenters. The Morgan fingerprint density at radius 2 is 1.72 bits per heavy atom. The number of aliphatic hydroxyl groups excluding tert-OH is 3. The van der Waals surface area contributed by atoms with E-state index in [4.69, 9.17) is 4.74 Å². The van der Waals surface area contributed by atoms with E-state index in [-0.39, 0.29) is 5.56 Å². The average molecular weight is 408 g/mol. The topological polar surface area (TPSA) is 125 Å². The van der Waals surface area contributed by atoms with E-state index < -0.39 is 42.4 Å². The number of hydrogen-bond donors (Lipinski definition) is 4. The number of aliphatic hydroxyl groups is 3. The summed E-state index contributed by atoms with van der Waals surface area (Å²) in [6.45, 7) is 1.70. The summed E-state index contributed by atoms with van der Waals surface area (Å²) in [5.74, 6) is 5.72. The van der Waals surface area contributed by atoms with E-state index in [1.54, 1.807) is 0 Å². The van der Waals surface area contributed by atoms with Crippen LogP contribution in [0.5, 0.6) is 0 Å². The number of aromatic amines is 1. The van der Waals surface area contributed by atoms with Crippen molar-refractivity contribution in [2.24, 2.45) is 0 Å². The maximum atomic E-state index is 12.1. The van der Waals surface area contributed by atoms with Gasteiger partial charge in [0.2, 0.25) is 0 Å². The molecule has 1 aliphatic rings. The zero-order valence-corrected chi connectivity index (χ0v) is 17.0. The van der Waals surface area contributed by atoms with Crippen molar-refractivity contribution in [3.8, 4) is 11.8 Å². The van der Waals surface area contributed by atoms with Crippen LogP contribution in [-0.4, -0.2) is 49.8 Å². The molecule has 0 radical (unpaired) electrons. The first-order valence-corrected chi connectivity index (χ1v) is 10.5. The van der Waals surface area contributed by atoms with Gasteiger partial charge in [-0.05, 0) is 6.42 Å². The summed E-state index contributed by atoms with van der Waals surface area (Å²) in [4.78, 5) is 26.2. The minimum atomic E-state index is -1.41. The molecule has 1 saturated heterocycles. The van der Waals surface area contributed by atoms with E-state index in [9.17, 15) is 24.9 Å². The highest BCUT2D eigenvalue weighted by Gasteiger charge is 2.43. The number of nitrogens with zero attached hydrogens (tertiary/aromatic N) is 1. The lowest BCUT2D eigenvalue weighted by molar-refractivity contribution is -0.0550. The van der Waals surface area contributed by atoms with Crippen LogP contribution in [0.1, 0.15) is 76.5 Å². The number of H-pyrrole nitrogens is 1. The second-order valence-corrected chi connectivity index (χ2v) is 7.46. The molecule has 162 valence electrons. The molecule has 1 fully saturated rings. The number of aromatic nitrogens is 2. The summed E-state index contributed by atoms with van der Waals surface area (Å²) in [5.41, 5.74) is -1.30. The van der Waals surface area contributed by atoms with Gasteiger partial charge < -0.3 is 20.1 Å². The number of nitrogens with one attached hydrogen (secondary N) is 1.